The maximum atomic E-state index is 6.03. The number of aromatic amines is 1. The summed E-state index contributed by atoms with van der Waals surface area (Å²) in [5.41, 5.74) is 4.90. The van der Waals surface area contributed by atoms with Crippen LogP contribution in [0.3, 0.4) is 0 Å². The van der Waals surface area contributed by atoms with Crippen LogP contribution in [0.25, 0.3) is 21.8 Å². The molecule has 1 aromatic carbocycles. The number of nitrogens with one attached hydrogen (secondary N) is 1. The van der Waals surface area contributed by atoms with Crippen LogP contribution in [0.4, 0.5) is 0 Å². The molecule has 96 valence electrons. The Morgan fingerprint density at radius 2 is 2.21 bits per heavy atom. The number of aromatic nitrogens is 2. The van der Waals surface area contributed by atoms with Gasteiger partial charge in [0, 0.05) is 47.2 Å². The van der Waals surface area contributed by atoms with Crippen LogP contribution in [0, 0.1) is 0 Å². The molecule has 4 heteroatoms. The first-order valence-electron chi connectivity index (χ1n) is 6.48. The molecule has 0 radical (unpaired) electrons. The highest BCUT2D eigenvalue weighted by molar-refractivity contribution is 6.31. The van der Waals surface area contributed by atoms with E-state index >= 15 is 0 Å². The van der Waals surface area contributed by atoms with Gasteiger partial charge < -0.3 is 9.88 Å². The summed E-state index contributed by atoms with van der Waals surface area (Å²) in [6, 6.07) is 5.90. The molecule has 1 aliphatic rings. The largest absolute Gasteiger partial charge is 0.357 e. The SMILES string of the molecule is CN1CCc2[nH]c3c(cnc4cc(Cl)ccc43)c2C1. The number of benzene rings is 1. The number of hydrogen-bond acceptors (Lipinski definition) is 2. The molecule has 4 rings (SSSR count). The maximum absolute atomic E-state index is 6.03. The molecule has 0 spiro atoms. The molecule has 0 unspecified atom stereocenters. The van der Waals surface area contributed by atoms with Crippen LogP contribution in [0.1, 0.15) is 11.3 Å². The quantitative estimate of drug-likeness (QED) is 0.680. The second-order valence-electron chi connectivity index (χ2n) is 5.28. The first-order valence-corrected chi connectivity index (χ1v) is 6.86. The number of rotatable bonds is 0. The Balaban J connectivity index is 2.07. The van der Waals surface area contributed by atoms with E-state index in [4.69, 9.17) is 11.6 Å². The van der Waals surface area contributed by atoms with Gasteiger partial charge >= 0.3 is 0 Å². The molecule has 1 aliphatic heterocycles. The van der Waals surface area contributed by atoms with Gasteiger partial charge in [-0.1, -0.05) is 11.6 Å². The van der Waals surface area contributed by atoms with Gasteiger partial charge in [-0.3, -0.25) is 4.98 Å². The standard InChI is InChI=1S/C15H14ClN3/c1-19-5-4-13-12(8-19)11-7-17-14-6-9(16)2-3-10(14)15(11)18-13/h2-3,6-7,18H,4-5,8H2,1H3. The van der Waals surface area contributed by atoms with Gasteiger partial charge in [-0.05, 0) is 30.8 Å². The van der Waals surface area contributed by atoms with Crippen LogP contribution in [0.15, 0.2) is 24.4 Å². The molecule has 0 bridgehead atoms. The average Bonchev–Trinajstić information content (AvgIpc) is 2.76. The summed E-state index contributed by atoms with van der Waals surface area (Å²) in [6.07, 6.45) is 3.05. The van der Waals surface area contributed by atoms with Crippen molar-refractivity contribution in [1.82, 2.24) is 14.9 Å². The van der Waals surface area contributed by atoms with E-state index in [1.165, 1.54) is 22.2 Å². The summed E-state index contributed by atoms with van der Waals surface area (Å²) >= 11 is 6.03. The van der Waals surface area contributed by atoms with Crippen LogP contribution < -0.4 is 0 Å². The lowest BCUT2D eigenvalue weighted by atomic mass is 10.1. The van der Waals surface area contributed by atoms with E-state index in [9.17, 15) is 0 Å². The van der Waals surface area contributed by atoms with Gasteiger partial charge in [-0.25, -0.2) is 0 Å². The second kappa shape index (κ2) is 3.95. The van der Waals surface area contributed by atoms with Gasteiger partial charge in [0.15, 0.2) is 0 Å². The van der Waals surface area contributed by atoms with Crippen molar-refractivity contribution in [3.8, 4) is 0 Å². The minimum absolute atomic E-state index is 0.732. The van der Waals surface area contributed by atoms with E-state index in [-0.39, 0.29) is 0 Å². The third-order valence-corrected chi connectivity index (χ3v) is 4.20. The van der Waals surface area contributed by atoms with E-state index in [2.05, 4.69) is 28.0 Å². The Hall–Kier alpha value is -1.58. The number of pyridine rings is 1. The van der Waals surface area contributed by atoms with E-state index in [0.29, 0.717) is 0 Å². The molecule has 3 nitrogen and oxygen atoms in total. The van der Waals surface area contributed by atoms with Crippen molar-refractivity contribution in [2.45, 2.75) is 13.0 Å². The molecule has 3 aromatic rings. The summed E-state index contributed by atoms with van der Waals surface area (Å²) in [5.74, 6) is 0. The van der Waals surface area contributed by atoms with Gasteiger partial charge in [0.25, 0.3) is 0 Å². The Kier molecular flexibility index (Phi) is 2.34. The first-order chi connectivity index (χ1) is 9.22. The highest BCUT2D eigenvalue weighted by Crippen LogP contribution is 2.31. The summed E-state index contributed by atoms with van der Waals surface area (Å²) in [7, 11) is 2.16. The van der Waals surface area contributed by atoms with Gasteiger partial charge in [0.05, 0.1) is 11.0 Å². The van der Waals surface area contributed by atoms with Gasteiger partial charge in [0.2, 0.25) is 0 Å². The van der Waals surface area contributed by atoms with Crippen LogP contribution in [-0.2, 0) is 13.0 Å². The van der Waals surface area contributed by atoms with Gasteiger partial charge in [0.1, 0.15) is 0 Å². The monoisotopic (exact) mass is 271 g/mol. The number of H-pyrrole nitrogens is 1. The van der Waals surface area contributed by atoms with Crippen LogP contribution >= 0.6 is 11.6 Å². The van der Waals surface area contributed by atoms with Crippen molar-refractivity contribution in [1.29, 1.82) is 0 Å². The van der Waals surface area contributed by atoms with Crippen molar-refractivity contribution in [2.24, 2.45) is 0 Å². The lowest BCUT2D eigenvalue weighted by Gasteiger charge is -2.22. The van der Waals surface area contributed by atoms with Gasteiger partial charge in [-0.15, -0.1) is 0 Å². The predicted octanol–water partition coefficient (Wildman–Crippen LogP) is 3.36. The van der Waals surface area contributed by atoms with E-state index < -0.39 is 0 Å². The second-order valence-corrected chi connectivity index (χ2v) is 5.71. The summed E-state index contributed by atoms with van der Waals surface area (Å²) < 4.78 is 0. The molecule has 2 aromatic heterocycles. The Labute approximate surface area is 116 Å². The third-order valence-electron chi connectivity index (χ3n) is 3.97. The first kappa shape index (κ1) is 11.3. The molecule has 1 N–H and O–H groups in total. The Morgan fingerprint density at radius 3 is 3.11 bits per heavy atom. The topological polar surface area (TPSA) is 31.9 Å². The maximum Gasteiger partial charge on any atom is 0.0738 e. The molecule has 0 fully saturated rings. The van der Waals surface area contributed by atoms with E-state index in [0.717, 1.165) is 35.4 Å². The molecule has 3 heterocycles. The van der Waals surface area contributed by atoms with Crippen LogP contribution in [-0.4, -0.2) is 28.5 Å². The summed E-state index contributed by atoms with van der Waals surface area (Å²) in [5, 5.41) is 3.13. The van der Waals surface area contributed by atoms with Crippen molar-refractivity contribution >= 4 is 33.4 Å². The molecule has 19 heavy (non-hydrogen) atoms. The van der Waals surface area contributed by atoms with Crippen LogP contribution in [0.2, 0.25) is 5.02 Å². The molecular formula is C15H14ClN3. The lowest BCUT2D eigenvalue weighted by molar-refractivity contribution is 0.313. The zero-order chi connectivity index (χ0) is 13.0. The normalized spacial score (nSPS) is 16.1. The predicted molar refractivity (Wildman–Crippen MR) is 78.6 cm³/mol. The van der Waals surface area contributed by atoms with Crippen molar-refractivity contribution in [3.05, 3.63) is 40.7 Å². The highest BCUT2D eigenvalue weighted by Gasteiger charge is 2.19. The summed E-state index contributed by atoms with van der Waals surface area (Å²) in [6.45, 7) is 2.10. The molecule has 0 amide bonds. The minimum atomic E-state index is 0.732. The molecule has 0 aliphatic carbocycles. The van der Waals surface area contributed by atoms with Crippen molar-refractivity contribution in [2.75, 3.05) is 13.6 Å². The molecule has 0 saturated carbocycles. The smallest absolute Gasteiger partial charge is 0.0738 e. The molecule has 0 atom stereocenters. The fourth-order valence-corrected chi connectivity index (χ4v) is 3.13. The fraction of sp³-hybridized carbons (Fsp3) is 0.267. The zero-order valence-corrected chi connectivity index (χ0v) is 11.5. The highest BCUT2D eigenvalue weighted by atomic mass is 35.5. The van der Waals surface area contributed by atoms with E-state index in [1.807, 2.05) is 18.3 Å². The van der Waals surface area contributed by atoms with Crippen molar-refractivity contribution < 1.29 is 0 Å². The number of halogens is 1. The number of nitrogens with zero attached hydrogens (tertiary/aromatic N) is 2. The molecular weight excluding hydrogens is 258 g/mol. The van der Waals surface area contributed by atoms with Crippen LogP contribution in [0.5, 0.6) is 0 Å². The Bertz CT molecular complexity index is 791. The van der Waals surface area contributed by atoms with Gasteiger partial charge in [-0.2, -0.15) is 0 Å². The lowest BCUT2D eigenvalue weighted by Crippen LogP contribution is -2.25. The minimum Gasteiger partial charge on any atom is -0.357 e. The third kappa shape index (κ3) is 1.66. The number of hydrogen-bond donors (Lipinski definition) is 1. The van der Waals surface area contributed by atoms with Crippen molar-refractivity contribution in [3.63, 3.8) is 0 Å². The number of fused-ring (bicyclic) bond motifs is 5. The molecule has 0 saturated heterocycles. The Morgan fingerprint density at radius 1 is 1.32 bits per heavy atom. The summed E-state index contributed by atoms with van der Waals surface area (Å²) in [4.78, 5) is 10.5. The zero-order valence-electron chi connectivity index (χ0n) is 10.7. The average molecular weight is 272 g/mol. The fourth-order valence-electron chi connectivity index (χ4n) is 2.96. The number of likely N-dealkylation sites (N-methyl/N-ethyl adjacent to an activating group) is 1. The van der Waals surface area contributed by atoms with E-state index in [1.54, 1.807) is 0 Å².